The maximum atomic E-state index is 14.1. The van der Waals surface area contributed by atoms with E-state index in [0.717, 1.165) is 0 Å². The van der Waals surface area contributed by atoms with Crippen molar-refractivity contribution in [2.24, 2.45) is 0 Å². The third-order valence-corrected chi connectivity index (χ3v) is 4.57. The first-order valence-electron chi connectivity index (χ1n) is 8.58. The first-order chi connectivity index (χ1) is 13.8. The van der Waals surface area contributed by atoms with Crippen molar-refractivity contribution in [2.75, 3.05) is 7.11 Å². The number of methoxy groups -OCH3 is 1. The summed E-state index contributed by atoms with van der Waals surface area (Å²) in [6, 6.07) is 7.12. The van der Waals surface area contributed by atoms with Gasteiger partial charge >= 0.3 is 5.97 Å². The van der Waals surface area contributed by atoms with E-state index in [0.29, 0.717) is 17.7 Å². The van der Waals surface area contributed by atoms with Crippen LogP contribution in [0.2, 0.25) is 0 Å². The van der Waals surface area contributed by atoms with Gasteiger partial charge in [0, 0.05) is 29.7 Å². The third kappa shape index (κ3) is 4.34. The van der Waals surface area contributed by atoms with Gasteiger partial charge in [0.15, 0.2) is 11.6 Å². The maximum absolute atomic E-state index is 14.1. The zero-order chi connectivity index (χ0) is 21.1. The molecule has 1 aromatic heterocycles. The van der Waals surface area contributed by atoms with Crippen molar-refractivity contribution in [3.8, 4) is 5.75 Å². The number of H-pyrrole nitrogens is 2. The highest BCUT2D eigenvalue weighted by atomic mass is 19.2. The van der Waals surface area contributed by atoms with Crippen LogP contribution >= 0.6 is 0 Å². The lowest BCUT2D eigenvalue weighted by atomic mass is 9.87. The lowest BCUT2D eigenvalue weighted by molar-refractivity contribution is -0.140. The van der Waals surface area contributed by atoms with E-state index in [4.69, 9.17) is 4.74 Å². The van der Waals surface area contributed by atoms with E-state index in [1.165, 1.54) is 19.2 Å². The predicted octanol–water partition coefficient (Wildman–Crippen LogP) is 3.11. The SMILES string of the molecule is COC(=O)C[C@@H](c1cccc(O)c1)c1c(Cc2cc(F)c(F)cc2F)[nH][nH]c1=O. The van der Waals surface area contributed by atoms with E-state index >= 15 is 0 Å². The number of rotatable bonds is 6. The summed E-state index contributed by atoms with van der Waals surface area (Å²) in [4.78, 5) is 24.4. The molecule has 0 spiro atoms. The fourth-order valence-electron chi connectivity index (χ4n) is 3.18. The second-order valence-corrected chi connectivity index (χ2v) is 6.43. The van der Waals surface area contributed by atoms with Gasteiger partial charge in [-0.2, -0.15) is 0 Å². The Morgan fingerprint density at radius 2 is 1.83 bits per heavy atom. The molecule has 1 heterocycles. The molecule has 6 nitrogen and oxygen atoms in total. The quantitative estimate of drug-likeness (QED) is 0.433. The minimum Gasteiger partial charge on any atom is -0.508 e. The molecule has 0 saturated heterocycles. The normalized spacial score (nSPS) is 12.0. The number of phenolic OH excluding ortho intramolecular Hbond substituents is 1. The van der Waals surface area contributed by atoms with Gasteiger partial charge in [0.1, 0.15) is 11.6 Å². The molecule has 2 aromatic carbocycles. The van der Waals surface area contributed by atoms with Gasteiger partial charge in [0.05, 0.1) is 13.5 Å². The van der Waals surface area contributed by atoms with Crippen LogP contribution in [0.4, 0.5) is 13.2 Å². The first kappa shape index (κ1) is 20.2. The fraction of sp³-hybridized carbons (Fsp3) is 0.200. The molecule has 152 valence electrons. The Morgan fingerprint density at radius 1 is 1.10 bits per heavy atom. The maximum Gasteiger partial charge on any atom is 0.306 e. The lowest BCUT2D eigenvalue weighted by Gasteiger charge is -2.17. The van der Waals surface area contributed by atoms with Crippen LogP contribution in [0.25, 0.3) is 0 Å². The number of benzene rings is 2. The average Bonchev–Trinajstić information content (AvgIpc) is 3.04. The minimum absolute atomic E-state index is 0.0717. The van der Waals surface area contributed by atoms with Crippen molar-refractivity contribution >= 4 is 5.97 Å². The van der Waals surface area contributed by atoms with Crippen LogP contribution < -0.4 is 5.56 Å². The number of nitrogens with one attached hydrogen (secondary N) is 2. The number of ether oxygens (including phenoxy) is 1. The van der Waals surface area contributed by atoms with Crippen LogP contribution in [0.5, 0.6) is 5.75 Å². The van der Waals surface area contributed by atoms with Crippen molar-refractivity contribution in [1.82, 2.24) is 10.2 Å². The molecule has 3 rings (SSSR count). The second kappa shape index (κ2) is 8.26. The van der Waals surface area contributed by atoms with E-state index < -0.39 is 34.9 Å². The molecule has 0 radical (unpaired) electrons. The van der Waals surface area contributed by atoms with Crippen LogP contribution in [-0.4, -0.2) is 28.4 Å². The highest BCUT2D eigenvalue weighted by Gasteiger charge is 2.27. The van der Waals surface area contributed by atoms with Crippen LogP contribution in [0.15, 0.2) is 41.2 Å². The van der Waals surface area contributed by atoms with Crippen LogP contribution in [0.3, 0.4) is 0 Å². The van der Waals surface area contributed by atoms with Crippen LogP contribution in [0.1, 0.15) is 34.7 Å². The van der Waals surface area contributed by atoms with Crippen molar-refractivity contribution < 1.29 is 27.8 Å². The Bertz CT molecular complexity index is 1110. The molecular formula is C20H17F3N2O4. The van der Waals surface area contributed by atoms with E-state index in [1.807, 2.05) is 0 Å². The number of aromatic amines is 2. The van der Waals surface area contributed by atoms with Gasteiger partial charge in [0.25, 0.3) is 5.56 Å². The number of phenols is 1. The predicted molar refractivity (Wildman–Crippen MR) is 97.1 cm³/mol. The molecule has 29 heavy (non-hydrogen) atoms. The number of esters is 1. The molecule has 0 aliphatic heterocycles. The monoisotopic (exact) mass is 406 g/mol. The Balaban J connectivity index is 2.08. The van der Waals surface area contributed by atoms with Gasteiger partial charge < -0.3 is 14.9 Å². The molecule has 0 saturated carbocycles. The van der Waals surface area contributed by atoms with Crippen LogP contribution in [-0.2, 0) is 16.0 Å². The van der Waals surface area contributed by atoms with Crippen molar-refractivity contribution in [3.05, 3.63) is 86.6 Å². The molecule has 0 unspecified atom stereocenters. The summed E-state index contributed by atoms with van der Waals surface area (Å²) in [7, 11) is 1.20. The second-order valence-electron chi connectivity index (χ2n) is 6.43. The topological polar surface area (TPSA) is 95.2 Å². The molecule has 0 aliphatic carbocycles. The number of halogens is 3. The van der Waals surface area contributed by atoms with Gasteiger partial charge in [-0.15, -0.1) is 0 Å². The van der Waals surface area contributed by atoms with E-state index in [9.17, 15) is 27.9 Å². The van der Waals surface area contributed by atoms with Crippen LogP contribution in [0, 0.1) is 17.5 Å². The molecule has 0 bridgehead atoms. The molecule has 0 fully saturated rings. The fourth-order valence-corrected chi connectivity index (χ4v) is 3.18. The van der Waals surface area contributed by atoms with Gasteiger partial charge in [-0.3, -0.25) is 14.7 Å². The largest absolute Gasteiger partial charge is 0.508 e. The van der Waals surface area contributed by atoms with Crippen molar-refractivity contribution in [1.29, 1.82) is 0 Å². The van der Waals surface area contributed by atoms with E-state index in [1.54, 1.807) is 12.1 Å². The van der Waals surface area contributed by atoms with E-state index in [-0.39, 0.29) is 35.4 Å². The van der Waals surface area contributed by atoms with Gasteiger partial charge in [0.2, 0.25) is 0 Å². The number of aromatic hydroxyl groups is 1. The average molecular weight is 406 g/mol. The number of aromatic nitrogens is 2. The van der Waals surface area contributed by atoms with Crippen molar-refractivity contribution in [3.63, 3.8) is 0 Å². The number of hydrogen-bond acceptors (Lipinski definition) is 4. The summed E-state index contributed by atoms with van der Waals surface area (Å²) in [6.45, 7) is 0. The zero-order valence-corrected chi connectivity index (χ0v) is 15.3. The van der Waals surface area contributed by atoms with Gasteiger partial charge in [-0.05, 0) is 29.3 Å². The smallest absolute Gasteiger partial charge is 0.306 e. The summed E-state index contributed by atoms with van der Waals surface area (Å²) in [5.74, 6) is -5.02. The Kier molecular flexibility index (Phi) is 5.76. The number of carbonyl (C=O) groups excluding carboxylic acids is 1. The highest BCUT2D eigenvalue weighted by Crippen LogP contribution is 2.31. The third-order valence-electron chi connectivity index (χ3n) is 4.57. The molecular weight excluding hydrogens is 389 g/mol. The molecule has 3 N–H and O–H groups in total. The molecule has 3 aromatic rings. The number of hydrogen-bond donors (Lipinski definition) is 3. The van der Waals surface area contributed by atoms with Gasteiger partial charge in [-0.1, -0.05) is 12.1 Å². The Morgan fingerprint density at radius 3 is 2.52 bits per heavy atom. The molecule has 0 aliphatic rings. The summed E-state index contributed by atoms with van der Waals surface area (Å²) in [5.41, 5.74) is 0.00293. The number of carbonyl (C=O) groups is 1. The summed E-state index contributed by atoms with van der Waals surface area (Å²) >= 11 is 0. The summed E-state index contributed by atoms with van der Waals surface area (Å²) < 4.78 is 45.5. The molecule has 9 heteroatoms. The van der Waals surface area contributed by atoms with Crippen molar-refractivity contribution in [2.45, 2.75) is 18.8 Å². The van der Waals surface area contributed by atoms with Gasteiger partial charge in [-0.25, -0.2) is 13.2 Å². The first-order valence-corrected chi connectivity index (χ1v) is 8.58. The lowest BCUT2D eigenvalue weighted by Crippen LogP contribution is -2.18. The summed E-state index contributed by atoms with van der Waals surface area (Å²) in [6.07, 6.45) is -0.484. The van der Waals surface area contributed by atoms with E-state index in [2.05, 4.69) is 10.2 Å². The summed E-state index contributed by atoms with van der Waals surface area (Å²) in [5, 5.41) is 14.8. The molecule has 0 amide bonds. The highest BCUT2D eigenvalue weighted by molar-refractivity contribution is 5.71. The molecule has 1 atom stereocenters. The minimum atomic E-state index is -1.32. The Hall–Kier alpha value is -3.49. The zero-order valence-electron chi connectivity index (χ0n) is 15.3. The standard InChI is InChI=1S/C20H17F3N2O4/c1-29-18(27)8-13(10-3-2-4-12(26)5-10)19-17(24-25-20(19)28)7-11-6-15(22)16(23)9-14(11)21/h2-6,9,13,26H,7-8H2,1H3,(H2,24,25,28)/t13-/m0/s1. The Labute approximate surface area is 162 Å².